The van der Waals surface area contributed by atoms with E-state index in [4.69, 9.17) is 11.5 Å². The average Bonchev–Trinajstić information content (AvgIpc) is 2.46. The number of nitrogens with zero attached hydrogens (tertiary/aromatic N) is 2. The van der Waals surface area contributed by atoms with Gasteiger partial charge < -0.3 is 11.1 Å². The van der Waals surface area contributed by atoms with Crippen LogP contribution in [0.15, 0.2) is 47.6 Å². The molecule has 1 aromatic carbocycles. The third-order valence-corrected chi connectivity index (χ3v) is 3.47. The maximum atomic E-state index is 13.7. The van der Waals surface area contributed by atoms with Crippen LogP contribution >= 0.6 is 0 Å². The number of benzene rings is 1. The summed E-state index contributed by atoms with van der Waals surface area (Å²) < 4.78 is 13.7. The molecule has 0 amide bonds. The van der Waals surface area contributed by atoms with Gasteiger partial charge in [-0.15, -0.1) is 0 Å². The number of rotatable bonds is 3. The molecular weight excluding hydrogens is 269 g/mol. The quantitative estimate of drug-likeness (QED) is 0.799. The molecule has 2 heterocycles. The molecule has 0 fully saturated rings. The molecule has 2 aromatic rings. The molecule has 1 unspecified atom stereocenters. The predicted molar refractivity (Wildman–Crippen MR) is 80.2 cm³/mol. The smallest absolute Gasteiger partial charge is 0.186 e. The Balaban J connectivity index is 1.80. The molecule has 0 radical (unpaired) electrons. The van der Waals surface area contributed by atoms with Gasteiger partial charge in [0.05, 0.1) is 5.56 Å². The first-order chi connectivity index (χ1) is 10.1. The fourth-order valence-electron chi connectivity index (χ4n) is 2.36. The van der Waals surface area contributed by atoms with E-state index in [9.17, 15) is 4.39 Å². The van der Waals surface area contributed by atoms with Crippen molar-refractivity contribution in [1.82, 2.24) is 4.98 Å². The number of fused-ring (bicyclic) bond motifs is 1. The minimum absolute atomic E-state index is 0.243. The molecule has 1 aromatic heterocycles. The Morgan fingerprint density at radius 1 is 1.19 bits per heavy atom. The molecular formula is C15H16FN5. The van der Waals surface area contributed by atoms with E-state index in [1.165, 1.54) is 6.07 Å². The number of hydrogen-bond acceptors (Lipinski definition) is 5. The summed E-state index contributed by atoms with van der Waals surface area (Å²) in [5.74, 6) is -0.380. The topological polar surface area (TPSA) is 89.3 Å². The van der Waals surface area contributed by atoms with Gasteiger partial charge in [0.1, 0.15) is 17.5 Å². The minimum atomic E-state index is -1.08. The van der Waals surface area contributed by atoms with Crippen molar-refractivity contribution in [2.75, 3.05) is 5.32 Å². The van der Waals surface area contributed by atoms with Crippen molar-refractivity contribution >= 4 is 11.7 Å². The normalized spacial score (nSPS) is 20.4. The van der Waals surface area contributed by atoms with Crippen molar-refractivity contribution < 1.29 is 4.39 Å². The summed E-state index contributed by atoms with van der Waals surface area (Å²) in [6.45, 7) is 0. The molecule has 108 valence electrons. The van der Waals surface area contributed by atoms with Gasteiger partial charge in [-0.25, -0.2) is 14.4 Å². The third-order valence-electron chi connectivity index (χ3n) is 3.47. The first-order valence-electron chi connectivity index (χ1n) is 6.69. The molecule has 6 heteroatoms. The fraction of sp³-hybridized carbons (Fsp3) is 0.200. The van der Waals surface area contributed by atoms with E-state index in [1.54, 1.807) is 30.5 Å². The minimum Gasteiger partial charge on any atom is -0.383 e. The second-order valence-corrected chi connectivity index (χ2v) is 5.04. The van der Waals surface area contributed by atoms with Crippen LogP contribution in [0.4, 0.5) is 10.2 Å². The molecule has 0 aliphatic carbocycles. The molecule has 3 rings (SSSR count). The van der Waals surface area contributed by atoms with E-state index < -0.39 is 5.79 Å². The number of aryl methyl sites for hydroxylation is 1. The summed E-state index contributed by atoms with van der Waals surface area (Å²) in [7, 11) is 0. The number of nitrogens with one attached hydrogen (secondary N) is 1. The van der Waals surface area contributed by atoms with E-state index in [0.717, 1.165) is 5.56 Å². The highest BCUT2D eigenvalue weighted by atomic mass is 19.1. The van der Waals surface area contributed by atoms with Crippen molar-refractivity contribution in [2.45, 2.75) is 18.6 Å². The van der Waals surface area contributed by atoms with Gasteiger partial charge >= 0.3 is 0 Å². The van der Waals surface area contributed by atoms with E-state index in [2.05, 4.69) is 15.3 Å². The standard InChI is InChI=1S/C15H16FN5/c16-12-6-2-1-4-10(12)7-8-15(18)20-13(17)11-5-3-9-19-14(11)21-15/h1-6,9H,7-8,18H2,(H2,17,20)(H,19,21). The van der Waals surface area contributed by atoms with Crippen molar-refractivity contribution in [2.24, 2.45) is 16.5 Å². The van der Waals surface area contributed by atoms with Gasteiger partial charge in [-0.1, -0.05) is 18.2 Å². The lowest BCUT2D eigenvalue weighted by molar-refractivity contribution is 0.458. The van der Waals surface area contributed by atoms with Crippen LogP contribution in [0.5, 0.6) is 0 Å². The highest BCUT2D eigenvalue weighted by molar-refractivity contribution is 6.03. The molecule has 0 bridgehead atoms. The van der Waals surface area contributed by atoms with Crippen molar-refractivity contribution in [3.63, 3.8) is 0 Å². The van der Waals surface area contributed by atoms with Crippen LogP contribution in [-0.2, 0) is 6.42 Å². The van der Waals surface area contributed by atoms with Crippen LogP contribution in [0.2, 0.25) is 0 Å². The maximum Gasteiger partial charge on any atom is 0.186 e. The van der Waals surface area contributed by atoms with Gasteiger partial charge in [0.25, 0.3) is 0 Å². The maximum absolute atomic E-state index is 13.7. The van der Waals surface area contributed by atoms with Gasteiger partial charge in [-0.2, -0.15) is 0 Å². The zero-order chi connectivity index (χ0) is 14.9. The lowest BCUT2D eigenvalue weighted by Crippen LogP contribution is -2.50. The Hall–Kier alpha value is -2.47. The first kappa shape index (κ1) is 13.5. The Kier molecular flexibility index (Phi) is 3.31. The number of halogens is 1. The van der Waals surface area contributed by atoms with Gasteiger partial charge in [0.15, 0.2) is 5.79 Å². The molecule has 0 spiro atoms. The van der Waals surface area contributed by atoms with Crippen LogP contribution in [0.1, 0.15) is 17.5 Å². The van der Waals surface area contributed by atoms with Crippen LogP contribution in [-0.4, -0.2) is 16.6 Å². The summed E-state index contributed by atoms with van der Waals surface area (Å²) >= 11 is 0. The van der Waals surface area contributed by atoms with Crippen molar-refractivity contribution in [1.29, 1.82) is 0 Å². The third kappa shape index (κ3) is 2.71. The van der Waals surface area contributed by atoms with Crippen LogP contribution in [0, 0.1) is 5.82 Å². The molecule has 1 atom stereocenters. The molecule has 21 heavy (non-hydrogen) atoms. The molecule has 1 aliphatic heterocycles. The molecule has 5 N–H and O–H groups in total. The molecule has 0 saturated carbocycles. The van der Waals surface area contributed by atoms with E-state index in [0.29, 0.717) is 30.1 Å². The summed E-state index contributed by atoms with van der Waals surface area (Å²) in [6.07, 6.45) is 2.52. The second kappa shape index (κ2) is 5.14. The number of amidine groups is 1. The van der Waals surface area contributed by atoms with Crippen LogP contribution < -0.4 is 16.8 Å². The zero-order valence-corrected chi connectivity index (χ0v) is 11.4. The van der Waals surface area contributed by atoms with Gasteiger partial charge in [-0.3, -0.25) is 5.73 Å². The van der Waals surface area contributed by atoms with Gasteiger partial charge in [0.2, 0.25) is 0 Å². The number of nitrogens with two attached hydrogens (primary N) is 2. The Morgan fingerprint density at radius 2 is 2.00 bits per heavy atom. The van der Waals surface area contributed by atoms with E-state index >= 15 is 0 Å². The Morgan fingerprint density at radius 3 is 2.81 bits per heavy atom. The number of aromatic nitrogens is 1. The van der Waals surface area contributed by atoms with Crippen LogP contribution in [0.25, 0.3) is 0 Å². The van der Waals surface area contributed by atoms with E-state index in [-0.39, 0.29) is 5.82 Å². The number of hydrogen-bond donors (Lipinski definition) is 3. The predicted octanol–water partition coefficient (Wildman–Crippen LogP) is 1.60. The largest absolute Gasteiger partial charge is 0.383 e. The first-order valence-corrected chi connectivity index (χ1v) is 6.69. The summed E-state index contributed by atoms with van der Waals surface area (Å²) in [5.41, 5.74) is 13.5. The van der Waals surface area contributed by atoms with Gasteiger partial charge in [0, 0.05) is 12.6 Å². The fourth-order valence-corrected chi connectivity index (χ4v) is 2.36. The van der Waals surface area contributed by atoms with Crippen molar-refractivity contribution in [3.8, 4) is 0 Å². The van der Waals surface area contributed by atoms with Crippen molar-refractivity contribution in [3.05, 3.63) is 59.5 Å². The Labute approximate surface area is 121 Å². The van der Waals surface area contributed by atoms with Gasteiger partial charge in [-0.05, 0) is 30.2 Å². The summed E-state index contributed by atoms with van der Waals surface area (Å²) in [5, 5.41) is 3.07. The number of aliphatic imine (C=N–C) groups is 1. The Bertz CT molecular complexity index is 700. The summed E-state index contributed by atoms with van der Waals surface area (Å²) in [4.78, 5) is 8.51. The molecule has 5 nitrogen and oxygen atoms in total. The lowest BCUT2D eigenvalue weighted by atomic mass is 10.0. The van der Waals surface area contributed by atoms with E-state index in [1.807, 2.05) is 6.07 Å². The summed E-state index contributed by atoms with van der Waals surface area (Å²) in [6, 6.07) is 10.2. The average molecular weight is 285 g/mol. The number of anilines is 1. The van der Waals surface area contributed by atoms with Crippen LogP contribution in [0.3, 0.4) is 0 Å². The molecule has 0 saturated heterocycles. The SMILES string of the molecule is NC1=NC(N)(CCc2ccccc2F)Nc2ncccc21. The monoisotopic (exact) mass is 285 g/mol. The zero-order valence-electron chi connectivity index (χ0n) is 11.4. The number of pyridine rings is 1. The second-order valence-electron chi connectivity index (χ2n) is 5.04. The highest BCUT2D eigenvalue weighted by Crippen LogP contribution is 2.25. The lowest BCUT2D eigenvalue weighted by Gasteiger charge is -2.32. The molecule has 1 aliphatic rings. The highest BCUT2D eigenvalue weighted by Gasteiger charge is 2.30.